The van der Waals surface area contributed by atoms with Crippen LogP contribution in [0.5, 0.6) is 0 Å². The summed E-state index contributed by atoms with van der Waals surface area (Å²) in [7, 11) is 0. The molecular weight excluding hydrogens is 304 g/mol. The lowest BCUT2D eigenvalue weighted by molar-refractivity contribution is -0.0274. The molecule has 4 heteroatoms. The van der Waals surface area contributed by atoms with Gasteiger partial charge < -0.3 is 0 Å². The van der Waals surface area contributed by atoms with E-state index < -0.39 is 0 Å². The topological polar surface area (TPSA) is 33.2 Å². The lowest BCUT2D eigenvalue weighted by atomic mass is 9.69. The summed E-state index contributed by atoms with van der Waals surface area (Å²) in [5.41, 5.74) is 2.24. The maximum Gasteiger partial charge on any atom is 0.163 e. The molecule has 2 aromatic rings. The average Bonchev–Trinajstić information content (AvgIpc) is 3.24. The minimum absolute atomic E-state index is 0.322. The van der Waals surface area contributed by atoms with Gasteiger partial charge in [-0.2, -0.15) is 0 Å². The van der Waals surface area contributed by atoms with E-state index in [1.54, 1.807) is 11.3 Å². The number of piperidine rings is 3. The second kappa shape index (κ2) is 4.87. The Kier molecular flexibility index (Phi) is 2.99. The van der Waals surface area contributed by atoms with Crippen molar-refractivity contribution in [3.63, 3.8) is 0 Å². The first-order chi connectivity index (χ1) is 11.2. The molecule has 1 spiro atoms. The number of benzene rings is 1. The van der Waals surface area contributed by atoms with Gasteiger partial charge in [0.15, 0.2) is 5.78 Å². The molecule has 1 aromatic carbocycles. The first-order valence-electron chi connectivity index (χ1n) is 8.81. The molecule has 0 unspecified atom stereocenters. The van der Waals surface area contributed by atoms with E-state index in [-0.39, 0.29) is 0 Å². The van der Waals surface area contributed by atoms with Gasteiger partial charge in [-0.1, -0.05) is 0 Å². The van der Waals surface area contributed by atoms with Gasteiger partial charge in [0.05, 0.1) is 15.2 Å². The zero-order valence-corrected chi connectivity index (χ0v) is 14.4. The van der Waals surface area contributed by atoms with Gasteiger partial charge in [-0.15, -0.1) is 11.3 Å². The van der Waals surface area contributed by atoms with Crippen molar-refractivity contribution in [2.45, 2.75) is 44.6 Å². The van der Waals surface area contributed by atoms with Gasteiger partial charge in [0.25, 0.3) is 0 Å². The summed E-state index contributed by atoms with van der Waals surface area (Å²) < 4.78 is 1.18. The van der Waals surface area contributed by atoms with Crippen LogP contribution < -0.4 is 0 Å². The first kappa shape index (κ1) is 14.1. The smallest absolute Gasteiger partial charge is 0.163 e. The molecule has 0 N–H and O–H groups in total. The van der Waals surface area contributed by atoms with Crippen LogP contribution in [0.15, 0.2) is 18.2 Å². The van der Waals surface area contributed by atoms with Crippen LogP contribution in [0, 0.1) is 18.8 Å². The highest BCUT2D eigenvalue weighted by atomic mass is 32.1. The number of carbonyl (C=O) groups is 1. The Labute approximate surface area is 140 Å². The molecule has 1 saturated carbocycles. The maximum absolute atomic E-state index is 12.9. The largest absolute Gasteiger partial charge is 0.297 e. The number of hydrogen-bond acceptors (Lipinski definition) is 4. The van der Waals surface area contributed by atoms with Crippen molar-refractivity contribution in [2.75, 3.05) is 13.1 Å². The summed E-state index contributed by atoms with van der Waals surface area (Å²) in [5.74, 6) is 1.68. The van der Waals surface area contributed by atoms with Crippen molar-refractivity contribution in [1.82, 2.24) is 9.88 Å². The highest BCUT2D eigenvalue weighted by molar-refractivity contribution is 7.18. The molecule has 3 nitrogen and oxygen atoms in total. The molecule has 0 amide bonds. The fraction of sp³-hybridized carbons (Fsp3) is 0.579. The second-order valence-corrected chi connectivity index (χ2v) is 8.81. The summed E-state index contributed by atoms with van der Waals surface area (Å²) in [5, 5.41) is 1.07. The molecule has 6 rings (SSSR count). The Morgan fingerprint density at radius 1 is 1.35 bits per heavy atom. The van der Waals surface area contributed by atoms with E-state index in [0.29, 0.717) is 17.2 Å². The number of rotatable bonds is 3. The molecule has 23 heavy (non-hydrogen) atoms. The van der Waals surface area contributed by atoms with Crippen LogP contribution in [0.2, 0.25) is 0 Å². The van der Waals surface area contributed by atoms with Crippen molar-refractivity contribution >= 4 is 27.3 Å². The summed E-state index contributed by atoms with van der Waals surface area (Å²) in [6.45, 7) is 4.55. The van der Waals surface area contributed by atoms with E-state index >= 15 is 0 Å². The highest BCUT2D eigenvalue weighted by Crippen LogP contribution is 2.58. The van der Waals surface area contributed by atoms with E-state index in [4.69, 9.17) is 0 Å². The number of aryl methyl sites for hydroxylation is 1. The lowest BCUT2D eigenvalue weighted by Gasteiger charge is -2.52. The Morgan fingerprint density at radius 2 is 2.13 bits per heavy atom. The molecule has 1 aromatic heterocycles. The Morgan fingerprint density at radius 3 is 2.87 bits per heavy atom. The average molecular weight is 326 g/mol. The molecule has 3 saturated heterocycles. The van der Waals surface area contributed by atoms with E-state index in [2.05, 4.69) is 16.0 Å². The minimum atomic E-state index is 0.322. The minimum Gasteiger partial charge on any atom is -0.297 e. The van der Waals surface area contributed by atoms with E-state index in [9.17, 15) is 4.79 Å². The lowest BCUT2D eigenvalue weighted by Crippen LogP contribution is -2.57. The SMILES string of the molecule is Cc1nc2cc(C(=O)C[C@@H]3C4CCN(CC4)C34CC4)ccc2s1. The summed E-state index contributed by atoms with van der Waals surface area (Å²) >= 11 is 1.70. The van der Waals surface area contributed by atoms with Crippen LogP contribution in [-0.4, -0.2) is 34.3 Å². The molecule has 2 bridgehead atoms. The standard InChI is InChI=1S/C19H22N2OS/c1-12-20-16-10-14(2-3-18(16)23-12)17(22)11-15-13-4-8-21(9-5-13)19(15)6-7-19/h2-3,10,13,15H,4-9,11H2,1H3/t15-/m1/s1. The summed E-state index contributed by atoms with van der Waals surface area (Å²) in [4.78, 5) is 20.1. The van der Waals surface area contributed by atoms with Gasteiger partial charge in [0.1, 0.15) is 0 Å². The van der Waals surface area contributed by atoms with Gasteiger partial charge in [-0.05, 0) is 75.7 Å². The first-order valence-corrected chi connectivity index (χ1v) is 9.63. The van der Waals surface area contributed by atoms with Crippen molar-refractivity contribution in [1.29, 1.82) is 0 Å². The molecule has 4 aliphatic rings. The van der Waals surface area contributed by atoms with Gasteiger partial charge in [0.2, 0.25) is 0 Å². The molecule has 1 atom stereocenters. The summed E-state index contributed by atoms with van der Waals surface area (Å²) in [6.07, 6.45) is 5.95. The number of aromatic nitrogens is 1. The third-order valence-electron chi connectivity index (χ3n) is 6.41. The third-order valence-corrected chi connectivity index (χ3v) is 7.36. The number of thiazole rings is 1. The van der Waals surface area contributed by atoms with Crippen LogP contribution in [0.25, 0.3) is 10.2 Å². The van der Waals surface area contributed by atoms with Crippen LogP contribution in [-0.2, 0) is 0 Å². The number of carbonyl (C=O) groups excluding carboxylic acids is 1. The Bertz CT molecular complexity index is 784. The van der Waals surface area contributed by atoms with Gasteiger partial charge in [-0.3, -0.25) is 9.69 Å². The third kappa shape index (κ3) is 2.11. The molecule has 0 radical (unpaired) electrons. The predicted molar refractivity (Wildman–Crippen MR) is 93.1 cm³/mol. The van der Waals surface area contributed by atoms with Gasteiger partial charge >= 0.3 is 0 Å². The fourth-order valence-corrected chi connectivity index (χ4v) is 5.93. The van der Waals surface area contributed by atoms with Crippen LogP contribution in [0.1, 0.15) is 47.5 Å². The molecule has 1 aliphatic carbocycles. The van der Waals surface area contributed by atoms with Crippen LogP contribution in [0.4, 0.5) is 0 Å². The van der Waals surface area contributed by atoms with Gasteiger partial charge in [0, 0.05) is 17.5 Å². The Hall–Kier alpha value is -1.26. The monoisotopic (exact) mass is 326 g/mol. The van der Waals surface area contributed by atoms with Gasteiger partial charge in [-0.25, -0.2) is 4.98 Å². The fourth-order valence-electron chi connectivity index (χ4n) is 5.13. The predicted octanol–water partition coefficient (Wildman–Crippen LogP) is 4.05. The normalized spacial score (nSPS) is 30.9. The molecule has 3 aliphatic heterocycles. The van der Waals surface area contributed by atoms with Crippen molar-refractivity contribution in [3.05, 3.63) is 28.8 Å². The van der Waals surface area contributed by atoms with E-state index in [1.165, 1.54) is 43.5 Å². The zero-order valence-electron chi connectivity index (χ0n) is 13.5. The van der Waals surface area contributed by atoms with E-state index in [0.717, 1.165) is 28.4 Å². The van der Waals surface area contributed by atoms with Crippen molar-refractivity contribution in [2.24, 2.45) is 11.8 Å². The Balaban J connectivity index is 1.42. The number of ketones is 1. The molecule has 4 heterocycles. The van der Waals surface area contributed by atoms with E-state index in [1.807, 2.05) is 19.1 Å². The second-order valence-electron chi connectivity index (χ2n) is 7.58. The molecular formula is C19H22N2OS. The van der Waals surface area contributed by atoms with Crippen molar-refractivity contribution < 1.29 is 4.79 Å². The van der Waals surface area contributed by atoms with Crippen molar-refractivity contribution in [3.8, 4) is 0 Å². The number of fused-ring (bicyclic) bond motifs is 3. The maximum atomic E-state index is 12.9. The zero-order chi connectivity index (χ0) is 15.6. The van der Waals surface area contributed by atoms with Crippen LogP contribution >= 0.6 is 11.3 Å². The molecule has 4 fully saturated rings. The summed E-state index contributed by atoms with van der Waals surface area (Å²) in [6, 6.07) is 6.07. The number of nitrogens with zero attached hydrogens (tertiary/aromatic N) is 2. The quantitative estimate of drug-likeness (QED) is 0.798. The molecule has 120 valence electrons. The number of Topliss-reactive ketones (excluding diaryl/α,β-unsaturated/α-hetero) is 1. The number of hydrogen-bond donors (Lipinski definition) is 0. The van der Waals surface area contributed by atoms with Crippen LogP contribution in [0.3, 0.4) is 0 Å². The highest BCUT2D eigenvalue weighted by Gasteiger charge is 2.60.